The summed E-state index contributed by atoms with van der Waals surface area (Å²) in [7, 11) is 0. The number of fused-ring (bicyclic) bond motifs is 1. The van der Waals surface area contributed by atoms with E-state index in [2.05, 4.69) is 0 Å². The van der Waals surface area contributed by atoms with E-state index in [1.54, 1.807) is 0 Å². The Bertz CT molecular complexity index is 447. The molecule has 0 aliphatic carbocycles. The fourth-order valence-corrected chi connectivity index (χ4v) is 2.19. The second kappa shape index (κ2) is 3.64. The van der Waals surface area contributed by atoms with Gasteiger partial charge < -0.3 is 14.6 Å². The van der Waals surface area contributed by atoms with Gasteiger partial charge in [0.1, 0.15) is 0 Å². The number of rotatable bonds is 2. The van der Waals surface area contributed by atoms with Gasteiger partial charge in [-0.2, -0.15) is 0 Å². The molecule has 0 bridgehead atoms. The fourth-order valence-electron chi connectivity index (χ4n) is 2.19. The first-order valence-corrected chi connectivity index (χ1v) is 5.89. The lowest BCUT2D eigenvalue weighted by atomic mass is 9.82. The van der Waals surface area contributed by atoms with Gasteiger partial charge in [0.05, 0.1) is 6.61 Å². The lowest BCUT2D eigenvalue weighted by Crippen LogP contribution is -2.29. The van der Waals surface area contributed by atoms with Gasteiger partial charge in [-0.15, -0.1) is 0 Å². The molecule has 1 aliphatic heterocycles. The van der Waals surface area contributed by atoms with Crippen molar-refractivity contribution in [2.75, 3.05) is 6.61 Å². The Balaban J connectivity index is 2.48. The summed E-state index contributed by atoms with van der Waals surface area (Å²) in [5.41, 5.74) is 1.94. The fraction of sp³-hybridized carbons (Fsp3) is 0.571. The standard InChI is InChI=1S/C14H20O3/c1-9-6-11-12(17-14(4,5)16-11)7-10(9)13(2,3)8-15/h6-7,15H,8H2,1-5H3. The van der Waals surface area contributed by atoms with Crippen molar-refractivity contribution >= 4 is 0 Å². The van der Waals surface area contributed by atoms with Crippen molar-refractivity contribution in [3.05, 3.63) is 23.3 Å². The molecule has 17 heavy (non-hydrogen) atoms. The smallest absolute Gasteiger partial charge is 0.246 e. The highest BCUT2D eigenvalue weighted by molar-refractivity contribution is 5.51. The van der Waals surface area contributed by atoms with Crippen LogP contribution in [0.1, 0.15) is 38.8 Å². The van der Waals surface area contributed by atoms with Crippen LogP contribution in [0.3, 0.4) is 0 Å². The summed E-state index contributed by atoms with van der Waals surface area (Å²) >= 11 is 0. The average Bonchev–Trinajstić information content (AvgIpc) is 2.49. The van der Waals surface area contributed by atoms with Gasteiger partial charge in [-0.3, -0.25) is 0 Å². The summed E-state index contributed by atoms with van der Waals surface area (Å²) in [5.74, 6) is 0.943. The number of aliphatic hydroxyl groups excluding tert-OH is 1. The molecule has 0 aromatic heterocycles. The van der Waals surface area contributed by atoms with Crippen molar-refractivity contribution in [2.45, 2.75) is 45.8 Å². The van der Waals surface area contributed by atoms with E-state index < -0.39 is 5.79 Å². The van der Waals surface area contributed by atoms with Gasteiger partial charge in [0.25, 0.3) is 0 Å². The second-order valence-electron chi connectivity index (χ2n) is 5.76. The molecule has 2 rings (SSSR count). The Kier molecular flexibility index (Phi) is 2.62. The summed E-state index contributed by atoms with van der Waals surface area (Å²) < 4.78 is 11.4. The van der Waals surface area contributed by atoms with Crippen LogP contribution in [0.2, 0.25) is 0 Å². The zero-order chi connectivity index (χ0) is 12.8. The molecule has 3 nitrogen and oxygen atoms in total. The van der Waals surface area contributed by atoms with Crippen molar-refractivity contribution in [3.63, 3.8) is 0 Å². The Hall–Kier alpha value is -1.22. The number of ether oxygens (including phenoxy) is 2. The maximum atomic E-state index is 9.45. The van der Waals surface area contributed by atoms with Crippen LogP contribution in [0.4, 0.5) is 0 Å². The minimum absolute atomic E-state index is 0.108. The van der Waals surface area contributed by atoms with Crippen molar-refractivity contribution in [1.82, 2.24) is 0 Å². The lowest BCUT2D eigenvalue weighted by molar-refractivity contribution is -0.0431. The summed E-state index contributed by atoms with van der Waals surface area (Å²) in [6.07, 6.45) is 0. The Labute approximate surface area is 102 Å². The molecule has 0 unspecified atom stereocenters. The predicted molar refractivity (Wildman–Crippen MR) is 66.6 cm³/mol. The van der Waals surface area contributed by atoms with E-state index in [4.69, 9.17) is 9.47 Å². The Morgan fingerprint density at radius 1 is 1.18 bits per heavy atom. The van der Waals surface area contributed by atoms with Crippen LogP contribution in [-0.4, -0.2) is 17.5 Å². The third-order valence-corrected chi connectivity index (χ3v) is 3.13. The van der Waals surface area contributed by atoms with Gasteiger partial charge in [-0.05, 0) is 30.2 Å². The Morgan fingerprint density at radius 2 is 1.71 bits per heavy atom. The number of benzene rings is 1. The molecular formula is C14H20O3. The quantitative estimate of drug-likeness (QED) is 0.858. The van der Waals surface area contributed by atoms with Gasteiger partial charge in [0, 0.05) is 19.3 Å². The third kappa shape index (κ3) is 2.12. The average molecular weight is 236 g/mol. The SMILES string of the molecule is Cc1cc2c(cc1C(C)(C)CO)OC(C)(C)O2. The largest absolute Gasteiger partial charge is 0.449 e. The normalized spacial score (nSPS) is 17.3. The van der Waals surface area contributed by atoms with Crippen molar-refractivity contribution in [2.24, 2.45) is 0 Å². The molecule has 1 N–H and O–H groups in total. The highest BCUT2D eigenvalue weighted by Crippen LogP contribution is 2.43. The van der Waals surface area contributed by atoms with Crippen LogP contribution < -0.4 is 9.47 Å². The molecule has 1 heterocycles. The van der Waals surface area contributed by atoms with Gasteiger partial charge in [-0.25, -0.2) is 0 Å². The number of aryl methyl sites for hydroxylation is 1. The zero-order valence-electron chi connectivity index (χ0n) is 11.1. The molecule has 0 saturated carbocycles. The molecule has 94 valence electrons. The minimum Gasteiger partial charge on any atom is -0.449 e. The van der Waals surface area contributed by atoms with Crippen LogP contribution in [0, 0.1) is 6.92 Å². The van der Waals surface area contributed by atoms with Crippen LogP contribution >= 0.6 is 0 Å². The van der Waals surface area contributed by atoms with Gasteiger partial charge in [0.2, 0.25) is 5.79 Å². The molecule has 0 fully saturated rings. The van der Waals surface area contributed by atoms with Gasteiger partial charge in [0.15, 0.2) is 11.5 Å². The highest BCUT2D eigenvalue weighted by atomic mass is 16.7. The molecule has 3 heteroatoms. The molecule has 1 aromatic carbocycles. The molecule has 0 radical (unpaired) electrons. The summed E-state index contributed by atoms with van der Waals surface area (Å²) in [6.45, 7) is 9.95. The molecule has 1 aliphatic rings. The molecule has 0 amide bonds. The number of hydrogen-bond acceptors (Lipinski definition) is 3. The molecule has 0 saturated heterocycles. The molecule has 1 aromatic rings. The first-order chi connectivity index (χ1) is 7.75. The summed E-state index contributed by atoms with van der Waals surface area (Å²) in [5, 5.41) is 9.45. The molecular weight excluding hydrogens is 216 g/mol. The van der Waals surface area contributed by atoms with Crippen LogP contribution in [0.15, 0.2) is 12.1 Å². The van der Waals surface area contributed by atoms with E-state index in [0.717, 1.165) is 22.6 Å². The van der Waals surface area contributed by atoms with Crippen LogP contribution in [0.25, 0.3) is 0 Å². The van der Waals surface area contributed by atoms with E-state index >= 15 is 0 Å². The first kappa shape index (κ1) is 12.2. The lowest BCUT2D eigenvalue weighted by Gasteiger charge is -2.24. The number of aliphatic hydroxyl groups is 1. The van der Waals surface area contributed by atoms with Crippen molar-refractivity contribution in [1.29, 1.82) is 0 Å². The van der Waals surface area contributed by atoms with E-state index in [0.29, 0.717) is 0 Å². The second-order valence-corrected chi connectivity index (χ2v) is 5.76. The van der Waals surface area contributed by atoms with Crippen molar-refractivity contribution in [3.8, 4) is 11.5 Å². The van der Waals surface area contributed by atoms with Gasteiger partial charge in [-0.1, -0.05) is 13.8 Å². The summed E-state index contributed by atoms with van der Waals surface area (Å²) in [6, 6.07) is 3.96. The van der Waals surface area contributed by atoms with Crippen molar-refractivity contribution < 1.29 is 14.6 Å². The minimum atomic E-state index is -0.600. The predicted octanol–water partition coefficient (Wildman–Crippen LogP) is 2.77. The van der Waals surface area contributed by atoms with Crippen LogP contribution in [0.5, 0.6) is 11.5 Å². The zero-order valence-corrected chi connectivity index (χ0v) is 11.1. The maximum absolute atomic E-state index is 9.45. The highest BCUT2D eigenvalue weighted by Gasteiger charge is 2.34. The Morgan fingerprint density at radius 3 is 2.24 bits per heavy atom. The maximum Gasteiger partial charge on any atom is 0.246 e. The van der Waals surface area contributed by atoms with E-state index in [-0.39, 0.29) is 12.0 Å². The topological polar surface area (TPSA) is 38.7 Å². The molecule has 0 atom stereocenters. The van der Waals surface area contributed by atoms with E-state index in [1.165, 1.54) is 0 Å². The van der Waals surface area contributed by atoms with E-state index in [9.17, 15) is 5.11 Å². The summed E-state index contributed by atoms with van der Waals surface area (Å²) in [4.78, 5) is 0. The van der Waals surface area contributed by atoms with Gasteiger partial charge >= 0.3 is 0 Å². The van der Waals surface area contributed by atoms with Crippen LogP contribution in [-0.2, 0) is 5.41 Å². The molecule has 0 spiro atoms. The van der Waals surface area contributed by atoms with E-state index in [1.807, 2.05) is 46.8 Å². The monoisotopic (exact) mass is 236 g/mol. The third-order valence-electron chi connectivity index (χ3n) is 3.13. The first-order valence-electron chi connectivity index (χ1n) is 5.89. The number of hydrogen-bond donors (Lipinski definition) is 1.